The summed E-state index contributed by atoms with van der Waals surface area (Å²) in [5.74, 6) is -6.81. The van der Waals surface area contributed by atoms with Gasteiger partial charge in [-0.1, -0.05) is 0 Å². The molecule has 0 saturated carbocycles. The van der Waals surface area contributed by atoms with Gasteiger partial charge in [0.1, 0.15) is 0 Å². The SMILES string of the molecule is CN1CCNCC1.O=C(C(=O)C(F)(F)F)C(F)(F)F. The van der Waals surface area contributed by atoms with Gasteiger partial charge in [-0.05, 0) is 7.05 Å². The van der Waals surface area contributed by atoms with Gasteiger partial charge in [0.2, 0.25) is 0 Å². The molecule has 0 unspecified atom stereocenters. The minimum Gasteiger partial charge on any atom is -0.314 e. The molecule has 4 nitrogen and oxygen atoms in total. The number of halogens is 6. The van der Waals surface area contributed by atoms with Crippen LogP contribution in [0.1, 0.15) is 0 Å². The smallest absolute Gasteiger partial charge is 0.314 e. The van der Waals surface area contributed by atoms with Gasteiger partial charge in [0.25, 0.3) is 0 Å². The summed E-state index contributed by atoms with van der Waals surface area (Å²) in [6, 6.07) is 0. The number of nitrogens with zero attached hydrogens (tertiary/aromatic N) is 1. The van der Waals surface area contributed by atoms with Crippen LogP contribution in [-0.4, -0.2) is 62.0 Å². The van der Waals surface area contributed by atoms with Crippen LogP contribution in [0.2, 0.25) is 0 Å². The lowest BCUT2D eigenvalue weighted by molar-refractivity contribution is -0.193. The summed E-state index contributed by atoms with van der Waals surface area (Å²) in [7, 11) is 2.15. The Morgan fingerprint density at radius 3 is 1.37 bits per heavy atom. The number of nitrogens with one attached hydrogen (secondary N) is 1. The fourth-order valence-corrected chi connectivity index (χ4v) is 1.03. The third-order valence-electron chi connectivity index (χ3n) is 2.06. The molecule has 0 atom stereocenters. The quantitative estimate of drug-likeness (QED) is 0.573. The fourth-order valence-electron chi connectivity index (χ4n) is 1.03. The number of Topliss-reactive ketones (excluding diaryl/α,β-unsaturated/α-hetero) is 2. The van der Waals surface area contributed by atoms with Gasteiger partial charge in [-0.25, -0.2) is 0 Å². The van der Waals surface area contributed by atoms with Crippen LogP contribution in [0.4, 0.5) is 26.3 Å². The molecule has 1 saturated heterocycles. The zero-order valence-corrected chi connectivity index (χ0v) is 9.86. The summed E-state index contributed by atoms with van der Waals surface area (Å²) in [4.78, 5) is 21.6. The summed E-state index contributed by atoms with van der Waals surface area (Å²) in [5.41, 5.74) is 0. The standard InChI is InChI=1S/C5H12N2.C4F6O2/c1-7-4-2-6-3-5-7;5-3(6,7)1(11)2(12)4(8,9)10/h6H,2-5H2,1H3;. The highest BCUT2D eigenvalue weighted by molar-refractivity contribution is 6.41. The molecule has 0 bridgehead atoms. The van der Waals surface area contributed by atoms with E-state index in [9.17, 15) is 35.9 Å². The van der Waals surface area contributed by atoms with Crippen LogP contribution < -0.4 is 5.32 Å². The predicted octanol–water partition coefficient (Wildman–Crippen LogP) is 0.771. The zero-order chi connectivity index (χ0) is 15.3. The number of likely N-dealkylation sites (N-methyl/N-ethyl adjacent to an activating group) is 1. The van der Waals surface area contributed by atoms with Crippen molar-refractivity contribution in [3.05, 3.63) is 0 Å². The molecule has 10 heteroatoms. The molecule has 1 aliphatic heterocycles. The molecule has 1 fully saturated rings. The normalized spacial score (nSPS) is 17.4. The average molecular weight is 294 g/mol. The van der Waals surface area contributed by atoms with Crippen molar-refractivity contribution in [1.29, 1.82) is 0 Å². The molecule has 112 valence electrons. The summed E-state index contributed by atoms with van der Waals surface area (Å²) in [6.45, 7) is 4.74. The molecular weight excluding hydrogens is 282 g/mol. The Morgan fingerprint density at radius 1 is 0.895 bits per heavy atom. The molecule has 0 aromatic heterocycles. The van der Waals surface area contributed by atoms with Gasteiger partial charge < -0.3 is 10.2 Å². The van der Waals surface area contributed by atoms with Gasteiger partial charge in [-0.3, -0.25) is 9.59 Å². The van der Waals surface area contributed by atoms with Gasteiger partial charge in [-0.2, -0.15) is 26.3 Å². The fraction of sp³-hybridized carbons (Fsp3) is 0.778. The maximum absolute atomic E-state index is 11.2. The highest BCUT2D eigenvalue weighted by Crippen LogP contribution is 2.23. The number of alkyl halides is 6. The van der Waals surface area contributed by atoms with Crippen molar-refractivity contribution in [2.75, 3.05) is 33.2 Å². The molecule has 1 rings (SSSR count). The minimum atomic E-state index is -5.77. The van der Waals surface area contributed by atoms with Crippen LogP contribution in [0.15, 0.2) is 0 Å². The second-order valence-electron chi connectivity index (χ2n) is 3.71. The van der Waals surface area contributed by atoms with E-state index in [1.165, 1.54) is 13.1 Å². The third kappa shape index (κ3) is 7.11. The summed E-state index contributed by atoms with van der Waals surface area (Å²) >= 11 is 0. The molecule has 0 spiro atoms. The number of piperazine rings is 1. The number of rotatable bonds is 1. The van der Waals surface area contributed by atoms with Gasteiger partial charge in [0.05, 0.1) is 0 Å². The second-order valence-corrected chi connectivity index (χ2v) is 3.71. The Labute approximate surface area is 104 Å². The molecular formula is C9H12F6N2O2. The second kappa shape index (κ2) is 6.85. The molecule has 1 aliphatic rings. The first-order valence-electron chi connectivity index (χ1n) is 5.08. The van der Waals surface area contributed by atoms with E-state index in [1.54, 1.807) is 0 Å². The van der Waals surface area contributed by atoms with Crippen LogP contribution >= 0.6 is 0 Å². The molecule has 0 aromatic carbocycles. The van der Waals surface area contributed by atoms with Gasteiger partial charge in [-0.15, -0.1) is 0 Å². The van der Waals surface area contributed by atoms with E-state index in [1.807, 2.05) is 0 Å². The molecule has 0 radical (unpaired) electrons. The van der Waals surface area contributed by atoms with Crippen LogP contribution in [0, 0.1) is 0 Å². The Balaban J connectivity index is 0.000000388. The first-order chi connectivity index (χ1) is 8.46. The Morgan fingerprint density at radius 2 is 1.21 bits per heavy atom. The lowest BCUT2D eigenvalue weighted by Gasteiger charge is -2.21. The maximum atomic E-state index is 11.2. The maximum Gasteiger partial charge on any atom is 0.458 e. The lowest BCUT2D eigenvalue weighted by atomic mass is 10.2. The van der Waals surface area contributed by atoms with Crippen molar-refractivity contribution in [3.8, 4) is 0 Å². The number of hydrogen-bond acceptors (Lipinski definition) is 4. The molecule has 0 amide bonds. The predicted molar refractivity (Wildman–Crippen MR) is 52.5 cm³/mol. The molecule has 1 N–H and O–H groups in total. The summed E-state index contributed by atoms with van der Waals surface area (Å²) < 4.78 is 67.0. The van der Waals surface area contributed by atoms with E-state index in [0.29, 0.717) is 0 Å². The summed E-state index contributed by atoms with van der Waals surface area (Å²) in [6.07, 6.45) is -11.5. The van der Waals surface area contributed by atoms with Crippen LogP contribution in [0.3, 0.4) is 0 Å². The van der Waals surface area contributed by atoms with Crippen LogP contribution in [-0.2, 0) is 9.59 Å². The van der Waals surface area contributed by atoms with Crippen LogP contribution in [0.5, 0.6) is 0 Å². The number of carbonyl (C=O) groups excluding carboxylic acids is 2. The average Bonchev–Trinajstić information content (AvgIpc) is 2.26. The van der Waals surface area contributed by atoms with Crippen molar-refractivity contribution in [1.82, 2.24) is 10.2 Å². The summed E-state index contributed by atoms with van der Waals surface area (Å²) in [5, 5.41) is 3.27. The molecule has 0 aliphatic carbocycles. The minimum absolute atomic E-state index is 1.16. The lowest BCUT2D eigenvalue weighted by Crippen LogP contribution is -2.40. The number of hydrogen-bond donors (Lipinski definition) is 1. The Hall–Kier alpha value is -1.16. The van der Waals surface area contributed by atoms with E-state index in [0.717, 1.165) is 13.1 Å². The van der Waals surface area contributed by atoms with E-state index in [-0.39, 0.29) is 0 Å². The topological polar surface area (TPSA) is 49.4 Å². The van der Waals surface area contributed by atoms with Crippen LogP contribution in [0.25, 0.3) is 0 Å². The highest BCUT2D eigenvalue weighted by atomic mass is 19.4. The Kier molecular flexibility index (Phi) is 6.43. The van der Waals surface area contributed by atoms with Gasteiger partial charge in [0.15, 0.2) is 0 Å². The van der Waals surface area contributed by atoms with E-state index >= 15 is 0 Å². The van der Waals surface area contributed by atoms with Gasteiger partial charge in [0, 0.05) is 26.2 Å². The first kappa shape index (κ1) is 17.8. The van der Waals surface area contributed by atoms with Crippen molar-refractivity contribution in [2.24, 2.45) is 0 Å². The highest BCUT2D eigenvalue weighted by Gasteiger charge is 2.54. The number of carbonyl (C=O) groups is 2. The monoisotopic (exact) mass is 294 g/mol. The third-order valence-corrected chi connectivity index (χ3v) is 2.06. The van der Waals surface area contributed by atoms with Crippen molar-refractivity contribution in [3.63, 3.8) is 0 Å². The van der Waals surface area contributed by atoms with E-state index < -0.39 is 23.9 Å². The Bertz CT molecular complexity index is 296. The van der Waals surface area contributed by atoms with Crippen molar-refractivity contribution >= 4 is 11.6 Å². The molecule has 19 heavy (non-hydrogen) atoms. The first-order valence-corrected chi connectivity index (χ1v) is 5.08. The van der Waals surface area contributed by atoms with E-state index in [2.05, 4.69) is 17.3 Å². The van der Waals surface area contributed by atoms with Crippen molar-refractivity contribution in [2.45, 2.75) is 12.4 Å². The van der Waals surface area contributed by atoms with Gasteiger partial charge >= 0.3 is 23.9 Å². The molecule has 1 heterocycles. The molecule has 0 aromatic rings. The van der Waals surface area contributed by atoms with Crippen molar-refractivity contribution < 1.29 is 35.9 Å². The zero-order valence-electron chi connectivity index (χ0n) is 9.86. The largest absolute Gasteiger partial charge is 0.458 e. The van der Waals surface area contributed by atoms with E-state index in [4.69, 9.17) is 0 Å². The number of ketones is 2.